The average Bonchev–Trinajstić information content (AvgIpc) is 3.17. The second-order valence-corrected chi connectivity index (χ2v) is 6.58. The van der Waals surface area contributed by atoms with Gasteiger partial charge in [0.25, 0.3) is 5.91 Å². The molecule has 5 nitrogen and oxygen atoms in total. The standard InChI is InChI=1S/C22H23FN2O3/c1-15(2)27-13-7-12-24-21(26)16-8-3-4-9-17(16)22-25-14-20(28-22)18-10-5-6-11-19(18)23/h3-6,8-11,14-15H,7,12-13H2,1-2H3,(H,24,26). The SMILES string of the molecule is CC(C)OCCCNC(=O)c1ccccc1-c1ncc(-c2ccccc2F)o1. The first-order chi connectivity index (χ1) is 13.6. The maximum Gasteiger partial charge on any atom is 0.252 e. The zero-order chi connectivity index (χ0) is 19.9. The van der Waals surface area contributed by atoms with Gasteiger partial charge in [0.1, 0.15) is 5.82 Å². The van der Waals surface area contributed by atoms with Crippen LogP contribution in [0, 0.1) is 5.82 Å². The summed E-state index contributed by atoms with van der Waals surface area (Å²) >= 11 is 0. The van der Waals surface area contributed by atoms with Crippen LogP contribution in [0.2, 0.25) is 0 Å². The van der Waals surface area contributed by atoms with E-state index >= 15 is 0 Å². The third kappa shape index (κ3) is 4.84. The van der Waals surface area contributed by atoms with E-state index in [9.17, 15) is 9.18 Å². The number of aromatic nitrogens is 1. The highest BCUT2D eigenvalue weighted by molar-refractivity contribution is 6.00. The summed E-state index contributed by atoms with van der Waals surface area (Å²) in [5, 5.41) is 2.88. The number of ether oxygens (including phenoxy) is 1. The molecule has 0 saturated heterocycles. The lowest BCUT2D eigenvalue weighted by Crippen LogP contribution is -2.26. The Morgan fingerprint density at radius 3 is 2.61 bits per heavy atom. The van der Waals surface area contributed by atoms with Crippen molar-refractivity contribution in [1.29, 1.82) is 0 Å². The number of nitrogens with zero attached hydrogens (tertiary/aromatic N) is 1. The zero-order valence-electron chi connectivity index (χ0n) is 15.9. The molecule has 0 aliphatic heterocycles. The molecule has 0 radical (unpaired) electrons. The van der Waals surface area contributed by atoms with Gasteiger partial charge in [-0.1, -0.05) is 24.3 Å². The molecule has 146 valence electrons. The van der Waals surface area contributed by atoms with Gasteiger partial charge in [-0.2, -0.15) is 0 Å². The molecule has 0 aliphatic rings. The lowest BCUT2D eigenvalue weighted by atomic mass is 10.1. The number of nitrogens with one attached hydrogen (secondary N) is 1. The molecular weight excluding hydrogens is 359 g/mol. The van der Waals surface area contributed by atoms with E-state index in [0.717, 1.165) is 6.42 Å². The Hall–Kier alpha value is -2.99. The van der Waals surface area contributed by atoms with Crippen molar-refractivity contribution >= 4 is 5.91 Å². The Balaban J connectivity index is 1.74. The van der Waals surface area contributed by atoms with Crippen molar-refractivity contribution in [3.8, 4) is 22.8 Å². The first kappa shape index (κ1) is 19.8. The van der Waals surface area contributed by atoms with Gasteiger partial charge in [-0.05, 0) is 44.5 Å². The Morgan fingerprint density at radius 1 is 1.14 bits per heavy atom. The number of rotatable bonds is 8. The molecular formula is C22H23FN2O3. The van der Waals surface area contributed by atoms with Crippen LogP contribution >= 0.6 is 0 Å². The molecule has 0 aliphatic carbocycles. The monoisotopic (exact) mass is 382 g/mol. The first-order valence-corrected chi connectivity index (χ1v) is 9.26. The summed E-state index contributed by atoms with van der Waals surface area (Å²) in [7, 11) is 0. The number of carbonyl (C=O) groups is 1. The maximum atomic E-state index is 14.0. The molecule has 3 aromatic rings. The van der Waals surface area contributed by atoms with Gasteiger partial charge in [0.05, 0.1) is 23.4 Å². The highest BCUT2D eigenvalue weighted by Gasteiger charge is 2.17. The Bertz CT molecular complexity index is 937. The van der Waals surface area contributed by atoms with Crippen molar-refractivity contribution in [2.24, 2.45) is 0 Å². The van der Waals surface area contributed by atoms with Crippen molar-refractivity contribution in [2.45, 2.75) is 26.4 Å². The second-order valence-electron chi connectivity index (χ2n) is 6.58. The van der Waals surface area contributed by atoms with Crippen molar-refractivity contribution < 1.29 is 18.3 Å². The van der Waals surface area contributed by atoms with Gasteiger partial charge in [0, 0.05) is 18.7 Å². The van der Waals surface area contributed by atoms with Crippen LogP contribution in [0.15, 0.2) is 59.1 Å². The van der Waals surface area contributed by atoms with Crippen LogP contribution in [0.3, 0.4) is 0 Å². The molecule has 1 amide bonds. The Labute approximate surface area is 163 Å². The fraction of sp³-hybridized carbons (Fsp3) is 0.273. The predicted molar refractivity (Wildman–Crippen MR) is 105 cm³/mol. The van der Waals surface area contributed by atoms with Gasteiger partial charge in [-0.3, -0.25) is 4.79 Å². The third-order valence-corrected chi connectivity index (χ3v) is 4.10. The minimum absolute atomic E-state index is 0.171. The summed E-state index contributed by atoms with van der Waals surface area (Å²) < 4.78 is 25.2. The van der Waals surface area contributed by atoms with Gasteiger partial charge in [-0.25, -0.2) is 9.37 Å². The highest BCUT2D eigenvalue weighted by atomic mass is 19.1. The highest BCUT2D eigenvalue weighted by Crippen LogP contribution is 2.29. The van der Waals surface area contributed by atoms with Gasteiger partial charge < -0.3 is 14.5 Å². The minimum Gasteiger partial charge on any atom is -0.436 e. The number of carbonyl (C=O) groups excluding carboxylic acids is 1. The topological polar surface area (TPSA) is 64.4 Å². The minimum atomic E-state index is -0.389. The quantitative estimate of drug-likeness (QED) is 0.574. The summed E-state index contributed by atoms with van der Waals surface area (Å²) in [6.07, 6.45) is 2.36. The van der Waals surface area contributed by atoms with Crippen molar-refractivity contribution in [3.05, 3.63) is 66.1 Å². The number of hydrogen-bond acceptors (Lipinski definition) is 4. The van der Waals surface area contributed by atoms with Crippen molar-refractivity contribution in [1.82, 2.24) is 10.3 Å². The van der Waals surface area contributed by atoms with Crippen LogP contribution in [0.25, 0.3) is 22.8 Å². The van der Waals surface area contributed by atoms with E-state index in [1.807, 2.05) is 13.8 Å². The molecule has 0 spiro atoms. The summed E-state index contributed by atoms with van der Waals surface area (Å²) in [6.45, 7) is 5.04. The average molecular weight is 382 g/mol. The van der Waals surface area contributed by atoms with Gasteiger partial charge in [-0.15, -0.1) is 0 Å². The second kappa shape index (κ2) is 9.28. The molecule has 1 N–H and O–H groups in total. The maximum absolute atomic E-state index is 14.0. The van der Waals surface area contributed by atoms with Crippen LogP contribution in [-0.2, 0) is 4.74 Å². The Morgan fingerprint density at radius 2 is 1.86 bits per heavy atom. The number of benzene rings is 2. The fourth-order valence-electron chi connectivity index (χ4n) is 2.74. The molecule has 0 atom stereocenters. The molecule has 1 aromatic heterocycles. The predicted octanol–water partition coefficient (Wildman–Crippen LogP) is 4.69. The van der Waals surface area contributed by atoms with Gasteiger partial charge in [0.15, 0.2) is 5.76 Å². The van der Waals surface area contributed by atoms with Crippen LogP contribution in [-0.4, -0.2) is 30.1 Å². The van der Waals surface area contributed by atoms with E-state index in [1.54, 1.807) is 42.5 Å². The number of hydrogen-bond donors (Lipinski definition) is 1. The third-order valence-electron chi connectivity index (χ3n) is 4.10. The van der Waals surface area contributed by atoms with Gasteiger partial charge in [0.2, 0.25) is 5.89 Å². The molecule has 3 rings (SSSR count). The fourth-order valence-corrected chi connectivity index (χ4v) is 2.74. The lowest BCUT2D eigenvalue weighted by molar-refractivity contribution is 0.0757. The summed E-state index contributed by atoms with van der Waals surface area (Å²) in [6, 6.07) is 13.4. The zero-order valence-corrected chi connectivity index (χ0v) is 15.9. The molecule has 0 unspecified atom stereocenters. The van der Waals surface area contributed by atoms with Crippen LogP contribution in [0.1, 0.15) is 30.6 Å². The first-order valence-electron chi connectivity index (χ1n) is 9.26. The van der Waals surface area contributed by atoms with Crippen LogP contribution in [0.4, 0.5) is 4.39 Å². The number of amides is 1. The summed E-state index contributed by atoms with van der Waals surface area (Å²) in [5.41, 5.74) is 1.34. The number of oxazole rings is 1. The van der Waals surface area contributed by atoms with E-state index in [-0.39, 0.29) is 23.7 Å². The molecule has 2 aromatic carbocycles. The molecule has 0 saturated carbocycles. The summed E-state index contributed by atoms with van der Waals surface area (Å²) in [5.74, 6) is -0.0214. The summed E-state index contributed by atoms with van der Waals surface area (Å²) in [4.78, 5) is 16.8. The van der Waals surface area contributed by atoms with Gasteiger partial charge >= 0.3 is 0 Å². The van der Waals surface area contributed by atoms with E-state index in [2.05, 4.69) is 10.3 Å². The van der Waals surface area contributed by atoms with Crippen molar-refractivity contribution in [3.63, 3.8) is 0 Å². The van der Waals surface area contributed by atoms with E-state index in [1.165, 1.54) is 12.3 Å². The Kier molecular flexibility index (Phi) is 6.55. The molecule has 0 fully saturated rings. The van der Waals surface area contributed by atoms with Crippen LogP contribution < -0.4 is 5.32 Å². The normalized spacial score (nSPS) is 11.0. The number of halogens is 1. The lowest BCUT2D eigenvalue weighted by Gasteiger charge is -2.10. The largest absolute Gasteiger partial charge is 0.436 e. The molecule has 6 heteroatoms. The van der Waals surface area contributed by atoms with Crippen LogP contribution in [0.5, 0.6) is 0 Å². The molecule has 1 heterocycles. The van der Waals surface area contributed by atoms with Crippen molar-refractivity contribution in [2.75, 3.05) is 13.2 Å². The smallest absolute Gasteiger partial charge is 0.252 e. The molecule has 0 bridgehead atoms. The van der Waals surface area contributed by atoms with E-state index < -0.39 is 0 Å². The van der Waals surface area contributed by atoms with E-state index in [4.69, 9.17) is 9.15 Å². The van der Waals surface area contributed by atoms with E-state index in [0.29, 0.717) is 35.6 Å². The molecule has 28 heavy (non-hydrogen) atoms.